The van der Waals surface area contributed by atoms with Gasteiger partial charge in [-0.05, 0) is 11.3 Å². The molecule has 0 aliphatic heterocycles. The van der Waals surface area contributed by atoms with Crippen LogP contribution in [0.1, 0.15) is 33.4 Å². The van der Waals surface area contributed by atoms with Gasteiger partial charge in [0.1, 0.15) is 0 Å². The van der Waals surface area contributed by atoms with Crippen molar-refractivity contribution in [2.45, 2.75) is 34.2 Å². The van der Waals surface area contributed by atoms with Crippen molar-refractivity contribution in [3.8, 4) is 0 Å². The molecule has 0 amide bonds. The van der Waals surface area contributed by atoms with E-state index in [1.54, 1.807) is 11.3 Å². The molecule has 0 aromatic carbocycles. The van der Waals surface area contributed by atoms with Crippen LogP contribution in [-0.4, -0.2) is 11.5 Å². The Bertz CT molecular complexity index is 252. The van der Waals surface area contributed by atoms with Crippen LogP contribution in [0.2, 0.25) is 0 Å². The van der Waals surface area contributed by atoms with E-state index in [1.807, 2.05) is 5.51 Å². The molecule has 0 bridgehead atoms. The third kappa shape index (κ3) is 3.39. The van der Waals surface area contributed by atoms with E-state index in [-0.39, 0.29) is 0 Å². The molecular weight excluding hydrogens is 192 g/mol. The van der Waals surface area contributed by atoms with Crippen LogP contribution in [0.25, 0.3) is 0 Å². The second-order valence-electron chi connectivity index (χ2n) is 4.73. The van der Waals surface area contributed by atoms with Gasteiger partial charge in [-0.1, -0.05) is 27.7 Å². The van der Waals surface area contributed by atoms with E-state index in [4.69, 9.17) is 0 Å². The molecule has 0 saturated carbocycles. The lowest BCUT2D eigenvalue weighted by Crippen LogP contribution is -2.33. The van der Waals surface area contributed by atoms with Gasteiger partial charge in [0.25, 0.3) is 0 Å². The zero-order valence-corrected chi connectivity index (χ0v) is 10.3. The van der Waals surface area contributed by atoms with E-state index in [0.29, 0.717) is 11.3 Å². The zero-order chi connectivity index (χ0) is 10.6. The number of thiazole rings is 1. The van der Waals surface area contributed by atoms with Gasteiger partial charge >= 0.3 is 0 Å². The minimum absolute atomic E-state index is 0.357. The monoisotopic (exact) mass is 212 g/mol. The maximum Gasteiger partial charge on any atom is 0.0795 e. The molecule has 1 rings (SSSR count). The fraction of sp³-hybridized carbons (Fsp3) is 0.727. The molecule has 1 aromatic rings. The van der Waals surface area contributed by atoms with Gasteiger partial charge in [-0.3, -0.25) is 0 Å². The van der Waals surface area contributed by atoms with Crippen molar-refractivity contribution < 1.29 is 0 Å². The standard InChI is InChI=1S/C11H20N2S/c1-9(2)11(3,4)7-12-5-10-6-14-8-13-10/h6,8-9,12H,5,7H2,1-4H3. The third-order valence-corrected chi connectivity index (χ3v) is 3.57. The molecule has 1 aromatic heterocycles. The summed E-state index contributed by atoms with van der Waals surface area (Å²) in [6.07, 6.45) is 0. The highest BCUT2D eigenvalue weighted by Gasteiger charge is 2.21. The molecule has 1 heterocycles. The highest BCUT2D eigenvalue weighted by Crippen LogP contribution is 2.24. The molecule has 0 saturated heterocycles. The quantitative estimate of drug-likeness (QED) is 0.811. The molecule has 0 spiro atoms. The summed E-state index contributed by atoms with van der Waals surface area (Å²) in [5.74, 6) is 0.699. The first-order valence-electron chi connectivity index (χ1n) is 5.10. The third-order valence-electron chi connectivity index (χ3n) is 2.93. The zero-order valence-electron chi connectivity index (χ0n) is 9.50. The van der Waals surface area contributed by atoms with Crippen molar-refractivity contribution >= 4 is 11.3 Å². The second-order valence-corrected chi connectivity index (χ2v) is 5.45. The predicted molar refractivity (Wildman–Crippen MR) is 62.4 cm³/mol. The summed E-state index contributed by atoms with van der Waals surface area (Å²) in [6.45, 7) is 11.1. The van der Waals surface area contributed by atoms with Gasteiger partial charge < -0.3 is 5.32 Å². The van der Waals surface area contributed by atoms with Gasteiger partial charge in [-0.15, -0.1) is 11.3 Å². The summed E-state index contributed by atoms with van der Waals surface area (Å²) in [6, 6.07) is 0. The molecule has 0 atom stereocenters. The summed E-state index contributed by atoms with van der Waals surface area (Å²) < 4.78 is 0. The molecular formula is C11H20N2S. The van der Waals surface area contributed by atoms with Gasteiger partial charge in [0.2, 0.25) is 0 Å². The molecule has 0 unspecified atom stereocenters. The van der Waals surface area contributed by atoms with Crippen molar-refractivity contribution in [2.75, 3.05) is 6.54 Å². The van der Waals surface area contributed by atoms with Gasteiger partial charge in [-0.25, -0.2) is 4.98 Å². The predicted octanol–water partition coefficient (Wildman–Crippen LogP) is 2.91. The summed E-state index contributed by atoms with van der Waals surface area (Å²) in [5.41, 5.74) is 3.38. The fourth-order valence-electron chi connectivity index (χ4n) is 1.04. The van der Waals surface area contributed by atoms with E-state index in [9.17, 15) is 0 Å². The minimum Gasteiger partial charge on any atom is -0.311 e. The first-order valence-corrected chi connectivity index (χ1v) is 6.04. The van der Waals surface area contributed by atoms with Crippen LogP contribution in [0.3, 0.4) is 0 Å². The smallest absolute Gasteiger partial charge is 0.0795 e. The van der Waals surface area contributed by atoms with Crippen LogP contribution in [0.4, 0.5) is 0 Å². The fourth-order valence-corrected chi connectivity index (χ4v) is 1.60. The van der Waals surface area contributed by atoms with Crippen LogP contribution in [0.5, 0.6) is 0 Å². The molecule has 1 N–H and O–H groups in total. The number of aromatic nitrogens is 1. The van der Waals surface area contributed by atoms with Gasteiger partial charge in [-0.2, -0.15) is 0 Å². The summed E-state index contributed by atoms with van der Waals surface area (Å²) >= 11 is 1.65. The van der Waals surface area contributed by atoms with E-state index >= 15 is 0 Å². The van der Waals surface area contributed by atoms with Crippen LogP contribution in [-0.2, 0) is 6.54 Å². The van der Waals surface area contributed by atoms with E-state index in [1.165, 1.54) is 0 Å². The number of nitrogens with one attached hydrogen (secondary N) is 1. The van der Waals surface area contributed by atoms with E-state index in [2.05, 4.69) is 43.4 Å². The SMILES string of the molecule is CC(C)C(C)(C)CNCc1cscn1. The Labute approximate surface area is 90.8 Å². The van der Waals surface area contributed by atoms with Crippen LogP contribution >= 0.6 is 11.3 Å². The molecule has 3 heteroatoms. The molecule has 80 valence electrons. The summed E-state index contributed by atoms with van der Waals surface area (Å²) in [5, 5.41) is 5.55. The number of nitrogens with zero attached hydrogens (tertiary/aromatic N) is 1. The molecule has 0 aliphatic carbocycles. The largest absolute Gasteiger partial charge is 0.311 e. The lowest BCUT2D eigenvalue weighted by Gasteiger charge is -2.29. The van der Waals surface area contributed by atoms with Crippen LogP contribution in [0.15, 0.2) is 10.9 Å². The molecule has 0 radical (unpaired) electrons. The van der Waals surface area contributed by atoms with Crippen molar-refractivity contribution in [3.63, 3.8) is 0 Å². The average Bonchev–Trinajstić information content (AvgIpc) is 2.56. The van der Waals surface area contributed by atoms with Gasteiger partial charge in [0.15, 0.2) is 0 Å². The Balaban J connectivity index is 2.28. The van der Waals surface area contributed by atoms with Crippen molar-refractivity contribution in [1.82, 2.24) is 10.3 Å². The Kier molecular flexibility index (Phi) is 4.08. The van der Waals surface area contributed by atoms with Crippen molar-refractivity contribution in [3.05, 3.63) is 16.6 Å². The number of rotatable bonds is 5. The Morgan fingerprint density at radius 2 is 2.21 bits per heavy atom. The van der Waals surface area contributed by atoms with Crippen molar-refractivity contribution in [1.29, 1.82) is 0 Å². The highest BCUT2D eigenvalue weighted by molar-refractivity contribution is 7.07. The van der Waals surface area contributed by atoms with E-state index in [0.717, 1.165) is 18.8 Å². The average molecular weight is 212 g/mol. The van der Waals surface area contributed by atoms with Gasteiger partial charge in [0.05, 0.1) is 11.2 Å². The minimum atomic E-state index is 0.357. The van der Waals surface area contributed by atoms with Crippen LogP contribution in [0, 0.1) is 11.3 Å². The first kappa shape index (κ1) is 11.7. The first-order chi connectivity index (χ1) is 6.52. The topological polar surface area (TPSA) is 24.9 Å². The Morgan fingerprint density at radius 3 is 2.71 bits per heavy atom. The number of hydrogen-bond donors (Lipinski definition) is 1. The van der Waals surface area contributed by atoms with Gasteiger partial charge in [0, 0.05) is 18.5 Å². The molecule has 0 aliphatic rings. The highest BCUT2D eigenvalue weighted by atomic mass is 32.1. The van der Waals surface area contributed by atoms with E-state index < -0.39 is 0 Å². The Hall–Kier alpha value is -0.410. The van der Waals surface area contributed by atoms with Crippen molar-refractivity contribution in [2.24, 2.45) is 11.3 Å². The maximum atomic E-state index is 4.24. The molecule has 2 nitrogen and oxygen atoms in total. The lowest BCUT2D eigenvalue weighted by molar-refractivity contribution is 0.237. The molecule has 0 fully saturated rings. The molecule has 14 heavy (non-hydrogen) atoms. The maximum absolute atomic E-state index is 4.24. The summed E-state index contributed by atoms with van der Waals surface area (Å²) in [4.78, 5) is 4.24. The number of hydrogen-bond acceptors (Lipinski definition) is 3. The van der Waals surface area contributed by atoms with Crippen LogP contribution < -0.4 is 5.32 Å². The Morgan fingerprint density at radius 1 is 1.50 bits per heavy atom. The summed E-state index contributed by atoms with van der Waals surface area (Å²) in [7, 11) is 0. The lowest BCUT2D eigenvalue weighted by atomic mass is 9.81. The normalized spacial score (nSPS) is 12.4. The second kappa shape index (κ2) is 4.89.